The Balaban J connectivity index is 2.06. The quantitative estimate of drug-likeness (QED) is 0.621. The van der Waals surface area contributed by atoms with E-state index in [2.05, 4.69) is 10.3 Å². The van der Waals surface area contributed by atoms with Crippen LogP contribution in [-0.2, 0) is 0 Å². The molecule has 0 saturated heterocycles. The van der Waals surface area contributed by atoms with Crippen LogP contribution in [0, 0.1) is 16.0 Å². The molecule has 1 unspecified atom stereocenters. The van der Waals surface area contributed by atoms with Crippen LogP contribution in [0.25, 0.3) is 0 Å². The van der Waals surface area contributed by atoms with Crippen LogP contribution < -0.4 is 5.32 Å². The Morgan fingerprint density at radius 1 is 1.71 bits per heavy atom. The second kappa shape index (κ2) is 4.85. The first-order chi connectivity index (χ1) is 8.08. The molecule has 2 N–H and O–H groups in total. The number of anilines is 1. The molecule has 0 bridgehead atoms. The first-order valence-electron chi connectivity index (χ1n) is 5.30. The molecule has 17 heavy (non-hydrogen) atoms. The van der Waals surface area contributed by atoms with Gasteiger partial charge in [0.15, 0.2) is 0 Å². The summed E-state index contributed by atoms with van der Waals surface area (Å²) in [4.78, 5) is 14.1. The van der Waals surface area contributed by atoms with Gasteiger partial charge in [-0.25, -0.2) is 4.98 Å². The highest BCUT2D eigenvalue weighted by atomic mass is 35.5. The molecule has 0 radical (unpaired) electrons. The maximum atomic E-state index is 10.8. The standard InChI is InChI=1S/C10H12ClN3O3/c11-7-3-8(14(16)17)10(12-4-7)13-5-9(15)6-1-2-6/h3-4,6,9,15H,1-2,5H2,(H,12,13). The lowest BCUT2D eigenvalue weighted by molar-refractivity contribution is -0.384. The van der Waals surface area contributed by atoms with Crippen LogP contribution in [-0.4, -0.2) is 27.7 Å². The van der Waals surface area contributed by atoms with E-state index in [1.807, 2.05) is 0 Å². The second-order valence-electron chi connectivity index (χ2n) is 4.06. The third kappa shape index (κ3) is 3.04. The average Bonchev–Trinajstić information content (AvgIpc) is 3.10. The number of halogens is 1. The SMILES string of the molecule is O=[N+]([O-])c1cc(Cl)cnc1NCC(O)C1CC1. The van der Waals surface area contributed by atoms with Gasteiger partial charge < -0.3 is 10.4 Å². The third-order valence-corrected chi connectivity index (χ3v) is 2.88. The normalized spacial score (nSPS) is 16.6. The van der Waals surface area contributed by atoms with E-state index in [1.165, 1.54) is 12.3 Å². The number of nitro groups is 1. The molecule has 1 aliphatic carbocycles. The van der Waals surface area contributed by atoms with E-state index >= 15 is 0 Å². The van der Waals surface area contributed by atoms with Gasteiger partial charge in [-0.05, 0) is 18.8 Å². The van der Waals surface area contributed by atoms with E-state index in [-0.39, 0.29) is 23.1 Å². The summed E-state index contributed by atoms with van der Waals surface area (Å²) >= 11 is 5.64. The highest BCUT2D eigenvalue weighted by molar-refractivity contribution is 6.30. The summed E-state index contributed by atoms with van der Waals surface area (Å²) in [5.74, 6) is 0.452. The van der Waals surface area contributed by atoms with Crippen molar-refractivity contribution in [2.45, 2.75) is 18.9 Å². The topological polar surface area (TPSA) is 88.3 Å². The summed E-state index contributed by atoms with van der Waals surface area (Å²) in [6.45, 7) is 0.264. The molecular formula is C10H12ClN3O3. The first kappa shape index (κ1) is 12.1. The zero-order valence-corrected chi connectivity index (χ0v) is 9.72. The van der Waals surface area contributed by atoms with Gasteiger partial charge in [-0.2, -0.15) is 0 Å². The fraction of sp³-hybridized carbons (Fsp3) is 0.500. The Morgan fingerprint density at radius 2 is 2.41 bits per heavy atom. The van der Waals surface area contributed by atoms with Gasteiger partial charge in [0.25, 0.3) is 0 Å². The molecule has 6 nitrogen and oxygen atoms in total. The van der Waals surface area contributed by atoms with Gasteiger partial charge in [0.05, 0.1) is 16.0 Å². The fourth-order valence-electron chi connectivity index (χ4n) is 1.55. The van der Waals surface area contributed by atoms with Gasteiger partial charge in [0, 0.05) is 18.8 Å². The second-order valence-corrected chi connectivity index (χ2v) is 4.50. The molecule has 1 atom stereocenters. The monoisotopic (exact) mass is 257 g/mol. The van der Waals surface area contributed by atoms with Crippen molar-refractivity contribution in [3.05, 3.63) is 27.4 Å². The number of nitrogens with one attached hydrogen (secondary N) is 1. The number of rotatable bonds is 5. The average molecular weight is 258 g/mol. The van der Waals surface area contributed by atoms with Crippen LogP contribution in [0.3, 0.4) is 0 Å². The van der Waals surface area contributed by atoms with E-state index in [9.17, 15) is 15.2 Å². The lowest BCUT2D eigenvalue weighted by atomic mass is 10.2. The minimum absolute atomic E-state index is 0.138. The van der Waals surface area contributed by atoms with Gasteiger partial charge >= 0.3 is 5.69 Å². The maximum absolute atomic E-state index is 10.8. The van der Waals surface area contributed by atoms with Crippen LogP contribution in [0.4, 0.5) is 11.5 Å². The molecule has 1 saturated carbocycles. The molecule has 7 heteroatoms. The molecular weight excluding hydrogens is 246 g/mol. The number of pyridine rings is 1. The van der Waals surface area contributed by atoms with E-state index in [0.717, 1.165) is 12.8 Å². The van der Waals surface area contributed by atoms with E-state index in [4.69, 9.17) is 11.6 Å². The minimum Gasteiger partial charge on any atom is -0.391 e. The number of nitrogens with zero attached hydrogens (tertiary/aromatic N) is 2. The number of aromatic nitrogens is 1. The van der Waals surface area contributed by atoms with Crippen molar-refractivity contribution in [2.24, 2.45) is 5.92 Å². The van der Waals surface area contributed by atoms with Gasteiger partial charge in [0.1, 0.15) is 0 Å². The molecule has 92 valence electrons. The maximum Gasteiger partial charge on any atom is 0.312 e. The van der Waals surface area contributed by atoms with E-state index in [0.29, 0.717) is 5.92 Å². The molecule has 0 aliphatic heterocycles. The summed E-state index contributed by atoms with van der Waals surface area (Å²) < 4.78 is 0. The highest BCUT2D eigenvalue weighted by Crippen LogP contribution is 2.33. The number of hydrogen-bond acceptors (Lipinski definition) is 5. The third-order valence-electron chi connectivity index (χ3n) is 2.68. The molecule has 0 amide bonds. The molecule has 1 heterocycles. The zero-order chi connectivity index (χ0) is 12.4. The molecule has 1 aromatic heterocycles. The van der Waals surface area contributed by atoms with E-state index < -0.39 is 11.0 Å². The highest BCUT2D eigenvalue weighted by Gasteiger charge is 2.30. The summed E-state index contributed by atoms with van der Waals surface area (Å²) in [5.41, 5.74) is -0.180. The van der Waals surface area contributed by atoms with E-state index in [1.54, 1.807) is 0 Å². The lowest BCUT2D eigenvalue weighted by Gasteiger charge is -2.11. The summed E-state index contributed by atoms with van der Waals surface area (Å²) in [7, 11) is 0. The molecule has 0 spiro atoms. The van der Waals surface area contributed by atoms with Gasteiger partial charge in [-0.1, -0.05) is 11.6 Å². The Morgan fingerprint density at radius 3 is 3.00 bits per heavy atom. The van der Waals surface area contributed by atoms with Crippen molar-refractivity contribution in [3.63, 3.8) is 0 Å². The minimum atomic E-state index is -0.551. The fourth-order valence-corrected chi connectivity index (χ4v) is 1.71. The van der Waals surface area contributed by atoms with Crippen LogP contribution in [0.2, 0.25) is 5.02 Å². The Hall–Kier alpha value is -1.40. The molecule has 1 aliphatic rings. The Kier molecular flexibility index (Phi) is 3.44. The van der Waals surface area contributed by atoms with Gasteiger partial charge in [0.2, 0.25) is 5.82 Å². The smallest absolute Gasteiger partial charge is 0.312 e. The zero-order valence-electron chi connectivity index (χ0n) is 8.97. The van der Waals surface area contributed by atoms with Gasteiger partial charge in [-0.15, -0.1) is 0 Å². The largest absolute Gasteiger partial charge is 0.391 e. The molecule has 0 aromatic carbocycles. The van der Waals surface area contributed by atoms with Crippen molar-refractivity contribution in [2.75, 3.05) is 11.9 Å². The predicted molar refractivity (Wildman–Crippen MR) is 63.1 cm³/mol. The summed E-state index contributed by atoms with van der Waals surface area (Å²) in [6, 6.07) is 1.24. The van der Waals surface area contributed by atoms with Crippen LogP contribution >= 0.6 is 11.6 Å². The summed E-state index contributed by atoms with van der Waals surface area (Å²) in [6.07, 6.45) is 2.88. The number of aliphatic hydroxyl groups excluding tert-OH is 1. The van der Waals surface area contributed by atoms with Crippen molar-refractivity contribution in [3.8, 4) is 0 Å². The predicted octanol–water partition coefficient (Wildman–Crippen LogP) is 1.83. The molecule has 1 fully saturated rings. The Bertz CT molecular complexity index is 437. The van der Waals surface area contributed by atoms with Crippen molar-refractivity contribution < 1.29 is 10.0 Å². The van der Waals surface area contributed by atoms with Crippen LogP contribution in [0.15, 0.2) is 12.3 Å². The Labute approximate surface area is 103 Å². The lowest BCUT2D eigenvalue weighted by Crippen LogP contribution is -2.22. The first-order valence-corrected chi connectivity index (χ1v) is 5.67. The molecule has 2 rings (SSSR count). The van der Waals surface area contributed by atoms with Crippen LogP contribution in [0.5, 0.6) is 0 Å². The van der Waals surface area contributed by atoms with Crippen molar-refractivity contribution >= 4 is 23.1 Å². The number of aliphatic hydroxyl groups is 1. The molecule has 1 aromatic rings. The van der Waals surface area contributed by atoms with Crippen molar-refractivity contribution in [1.82, 2.24) is 4.98 Å². The number of hydrogen-bond donors (Lipinski definition) is 2. The van der Waals surface area contributed by atoms with Crippen molar-refractivity contribution in [1.29, 1.82) is 0 Å². The van der Waals surface area contributed by atoms with Gasteiger partial charge in [-0.3, -0.25) is 10.1 Å². The van der Waals surface area contributed by atoms with Crippen LogP contribution in [0.1, 0.15) is 12.8 Å². The summed E-state index contributed by atoms with van der Waals surface area (Å²) in [5, 5.41) is 23.4.